The predicted molar refractivity (Wildman–Crippen MR) is 106 cm³/mol. The molecule has 0 unspecified atom stereocenters. The van der Waals surface area contributed by atoms with Gasteiger partial charge in [-0.15, -0.1) is 10.2 Å². The second kappa shape index (κ2) is 7.73. The zero-order valence-electron chi connectivity index (χ0n) is 16.0. The van der Waals surface area contributed by atoms with Gasteiger partial charge in [0, 0.05) is 19.6 Å². The van der Waals surface area contributed by atoms with Crippen LogP contribution in [0.15, 0.2) is 61.2 Å². The fraction of sp³-hybridized carbons (Fsp3) is 0.333. The van der Waals surface area contributed by atoms with E-state index in [1.54, 1.807) is 23.3 Å². The maximum atomic E-state index is 13.1. The molecule has 148 valence electrons. The summed E-state index contributed by atoms with van der Waals surface area (Å²) < 4.78 is 7.58. The van der Waals surface area contributed by atoms with Crippen molar-refractivity contribution in [1.82, 2.24) is 29.5 Å². The number of morpholine rings is 1. The number of amides is 1. The van der Waals surface area contributed by atoms with Crippen LogP contribution in [0.5, 0.6) is 0 Å². The number of nitrogens with zero attached hydrogens (tertiary/aromatic N) is 6. The molecule has 0 bridgehead atoms. The maximum Gasteiger partial charge on any atom is 0.272 e. The van der Waals surface area contributed by atoms with Gasteiger partial charge in [0.25, 0.3) is 5.91 Å². The van der Waals surface area contributed by atoms with Gasteiger partial charge in [-0.1, -0.05) is 36.4 Å². The molecule has 0 saturated carbocycles. The molecule has 8 nitrogen and oxygen atoms in total. The van der Waals surface area contributed by atoms with E-state index in [0.29, 0.717) is 37.8 Å². The summed E-state index contributed by atoms with van der Waals surface area (Å²) in [5.41, 5.74) is 1.70. The summed E-state index contributed by atoms with van der Waals surface area (Å²) in [6, 6.07) is 16.3. The fourth-order valence-corrected chi connectivity index (χ4v) is 4.15. The number of fused-ring (bicyclic) bond motifs is 1. The van der Waals surface area contributed by atoms with Gasteiger partial charge in [-0.3, -0.25) is 14.3 Å². The van der Waals surface area contributed by atoms with E-state index < -0.39 is 0 Å². The van der Waals surface area contributed by atoms with Crippen molar-refractivity contribution >= 4 is 5.91 Å². The molecule has 1 amide bonds. The summed E-state index contributed by atoms with van der Waals surface area (Å²) in [4.78, 5) is 22.0. The van der Waals surface area contributed by atoms with Crippen LogP contribution >= 0.6 is 0 Å². The zero-order valence-corrected chi connectivity index (χ0v) is 16.0. The monoisotopic (exact) mass is 390 g/mol. The lowest BCUT2D eigenvalue weighted by molar-refractivity contribution is -0.0770. The molecule has 0 radical (unpaired) electrons. The number of piperazine rings is 1. The lowest BCUT2D eigenvalue weighted by atomic mass is 10.00. The molecule has 2 fully saturated rings. The van der Waals surface area contributed by atoms with Crippen molar-refractivity contribution in [2.24, 2.45) is 0 Å². The first-order valence-electron chi connectivity index (χ1n) is 9.79. The molecule has 2 atom stereocenters. The highest BCUT2D eigenvalue weighted by Crippen LogP contribution is 2.29. The lowest BCUT2D eigenvalue weighted by Crippen LogP contribution is -2.60. The average molecular weight is 390 g/mol. The molecule has 5 rings (SSSR count). The summed E-state index contributed by atoms with van der Waals surface area (Å²) in [5, 5.41) is 7.60. The van der Waals surface area contributed by atoms with Crippen LogP contribution in [0.25, 0.3) is 5.82 Å². The van der Waals surface area contributed by atoms with E-state index in [1.165, 1.54) is 5.56 Å². The van der Waals surface area contributed by atoms with Crippen molar-refractivity contribution in [3.8, 4) is 5.82 Å². The van der Waals surface area contributed by atoms with E-state index in [2.05, 4.69) is 44.3 Å². The molecule has 1 aromatic carbocycles. The zero-order chi connectivity index (χ0) is 19.6. The van der Waals surface area contributed by atoms with Gasteiger partial charge in [-0.05, 0) is 17.7 Å². The molecular weight excluding hydrogens is 368 g/mol. The third-order valence-corrected chi connectivity index (χ3v) is 5.62. The summed E-state index contributed by atoms with van der Waals surface area (Å²) in [6.45, 7) is 3.47. The summed E-state index contributed by atoms with van der Waals surface area (Å²) in [5.74, 6) is 0.575. The highest BCUT2D eigenvalue weighted by Gasteiger charge is 2.37. The molecular formula is C21H22N6O2. The first-order valence-corrected chi connectivity index (χ1v) is 9.79. The average Bonchev–Trinajstić information content (AvgIpc) is 3.33. The Kier molecular flexibility index (Phi) is 4.79. The standard InChI is InChI=1S/C21H22N6O2/c28-21(18-7-4-8-20(24-18)26-14-22-23-15-26)25-9-10-27-17(11-25)12-29-13-19(27)16-5-2-1-3-6-16/h1-8,14-15,17,19H,9-13H2/t17-,19-/m1/s1. The Labute approximate surface area is 168 Å². The van der Waals surface area contributed by atoms with E-state index >= 15 is 0 Å². The maximum absolute atomic E-state index is 13.1. The molecule has 2 aromatic heterocycles. The van der Waals surface area contributed by atoms with Crippen LogP contribution in [0.2, 0.25) is 0 Å². The molecule has 29 heavy (non-hydrogen) atoms. The number of aromatic nitrogens is 4. The number of carbonyl (C=O) groups excluding carboxylic acids is 1. The van der Waals surface area contributed by atoms with Crippen molar-refractivity contribution in [2.45, 2.75) is 12.1 Å². The van der Waals surface area contributed by atoms with E-state index in [9.17, 15) is 4.79 Å². The van der Waals surface area contributed by atoms with Crippen LogP contribution in [0.4, 0.5) is 0 Å². The SMILES string of the molecule is O=C(c1cccc(-n2cnnc2)n1)N1CCN2[C@@H](COC[C@@H]2c2ccccc2)C1. The van der Waals surface area contributed by atoms with Crippen molar-refractivity contribution in [2.75, 3.05) is 32.8 Å². The number of ether oxygens (including phenoxy) is 1. The first kappa shape index (κ1) is 18.0. The smallest absolute Gasteiger partial charge is 0.272 e. The van der Waals surface area contributed by atoms with Crippen molar-refractivity contribution in [3.63, 3.8) is 0 Å². The minimum absolute atomic E-state index is 0.0543. The Morgan fingerprint density at radius 2 is 1.79 bits per heavy atom. The van der Waals surface area contributed by atoms with Crippen LogP contribution in [0.3, 0.4) is 0 Å². The molecule has 2 aliphatic heterocycles. The number of rotatable bonds is 3. The number of carbonyl (C=O) groups is 1. The van der Waals surface area contributed by atoms with Crippen molar-refractivity contribution in [1.29, 1.82) is 0 Å². The van der Waals surface area contributed by atoms with E-state index in [1.807, 2.05) is 23.1 Å². The number of benzene rings is 1. The van der Waals surface area contributed by atoms with Gasteiger partial charge in [-0.2, -0.15) is 0 Å². The van der Waals surface area contributed by atoms with Gasteiger partial charge in [0.05, 0.1) is 25.3 Å². The van der Waals surface area contributed by atoms with E-state index in [4.69, 9.17) is 4.74 Å². The molecule has 0 spiro atoms. The van der Waals surface area contributed by atoms with Gasteiger partial charge < -0.3 is 9.64 Å². The Morgan fingerprint density at radius 3 is 2.62 bits per heavy atom. The number of hydrogen-bond acceptors (Lipinski definition) is 6. The van der Waals surface area contributed by atoms with Crippen molar-refractivity contribution < 1.29 is 9.53 Å². The Bertz CT molecular complexity index is 978. The van der Waals surface area contributed by atoms with E-state index in [0.717, 1.165) is 6.54 Å². The lowest BCUT2D eigenvalue weighted by Gasteiger charge is -2.48. The molecule has 4 heterocycles. The largest absolute Gasteiger partial charge is 0.378 e. The molecule has 2 saturated heterocycles. The third kappa shape index (κ3) is 3.52. The molecule has 0 N–H and O–H groups in total. The predicted octanol–water partition coefficient (Wildman–Crippen LogP) is 1.56. The summed E-state index contributed by atoms with van der Waals surface area (Å²) >= 11 is 0. The Morgan fingerprint density at radius 1 is 0.966 bits per heavy atom. The van der Waals surface area contributed by atoms with Crippen LogP contribution < -0.4 is 0 Å². The fourth-order valence-electron chi connectivity index (χ4n) is 4.15. The normalized spacial score (nSPS) is 22.3. The van der Waals surface area contributed by atoms with E-state index in [-0.39, 0.29) is 18.0 Å². The highest BCUT2D eigenvalue weighted by atomic mass is 16.5. The molecule has 8 heteroatoms. The molecule has 0 aliphatic carbocycles. The third-order valence-electron chi connectivity index (χ3n) is 5.62. The summed E-state index contributed by atoms with van der Waals surface area (Å²) in [7, 11) is 0. The molecule has 2 aliphatic rings. The minimum atomic E-state index is -0.0543. The van der Waals surface area contributed by atoms with Crippen LogP contribution in [0, 0.1) is 0 Å². The van der Waals surface area contributed by atoms with Gasteiger partial charge in [0.1, 0.15) is 24.2 Å². The number of hydrogen-bond donors (Lipinski definition) is 0. The Balaban J connectivity index is 1.32. The summed E-state index contributed by atoms with van der Waals surface area (Å²) in [6.07, 6.45) is 3.14. The second-order valence-corrected chi connectivity index (χ2v) is 7.36. The van der Waals surface area contributed by atoms with Gasteiger partial charge in [-0.25, -0.2) is 4.98 Å². The van der Waals surface area contributed by atoms with Gasteiger partial charge >= 0.3 is 0 Å². The van der Waals surface area contributed by atoms with Gasteiger partial charge in [0.15, 0.2) is 0 Å². The second-order valence-electron chi connectivity index (χ2n) is 7.36. The van der Waals surface area contributed by atoms with Crippen LogP contribution in [-0.4, -0.2) is 74.3 Å². The van der Waals surface area contributed by atoms with Crippen LogP contribution in [0.1, 0.15) is 22.1 Å². The first-order chi connectivity index (χ1) is 14.3. The quantitative estimate of drug-likeness (QED) is 0.676. The van der Waals surface area contributed by atoms with Crippen LogP contribution in [-0.2, 0) is 4.74 Å². The minimum Gasteiger partial charge on any atom is -0.378 e. The topological polar surface area (TPSA) is 76.4 Å². The highest BCUT2D eigenvalue weighted by molar-refractivity contribution is 5.92. The van der Waals surface area contributed by atoms with Crippen molar-refractivity contribution in [3.05, 3.63) is 72.4 Å². The molecule has 3 aromatic rings. The number of pyridine rings is 1. The van der Waals surface area contributed by atoms with Gasteiger partial charge in [0.2, 0.25) is 0 Å². The Hall–Kier alpha value is -3.10.